The second-order valence-corrected chi connectivity index (χ2v) is 6.16. The van der Waals surface area contributed by atoms with E-state index in [0.29, 0.717) is 13.0 Å². The molecular formula is C15H25NO3. The Morgan fingerprint density at radius 1 is 1.26 bits per heavy atom. The molecule has 2 fully saturated rings. The lowest BCUT2D eigenvalue weighted by Gasteiger charge is -2.30. The minimum Gasteiger partial charge on any atom is -0.393 e. The average molecular weight is 267 g/mol. The average Bonchev–Trinajstić information content (AvgIpc) is 2.64. The van der Waals surface area contributed by atoms with Gasteiger partial charge < -0.3 is 5.11 Å². The summed E-state index contributed by atoms with van der Waals surface area (Å²) < 4.78 is 0. The van der Waals surface area contributed by atoms with Gasteiger partial charge in [0.2, 0.25) is 11.8 Å². The van der Waals surface area contributed by atoms with Crippen LogP contribution >= 0.6 is 0 Å². The molecule has 0 radical (unpaired) electrons. The highest BCUT2D eigenvalue weighted by Crippen LogP contribution is 2.40. The smallest absolute Gasteiger partial charge is 0.235 e. The molecule has 1 aliphatic carbocycles. The monoisotopic (exact) mass is 267 g/mol. The number of aliphatic hydroxyl groups excluding tert-OH is 1. The molecule has 1 aliphatic heterocycles. The molecule has 2 atom stereocenters. The molecule has 0 aromatic carbocycles. The van der Waals surface area contributed by atoms with Gasteiger partial charge in [-0.2, -0.15) is 0 Å². The van der Waals surface area contributed by atoms with Crippen LogP contribution in [0.4, 0.5) is 0 Å². The van der Waals surface area contributed by atoms with Gasteiger partial charge in [0, 0.05) is 13.0 Å². The summed E-state index contributed by atoms with van der Waals surface area (Å²) in [5.74, 6) is 0.275. The van der Waals surface area contributed by atoms with E-state index >= 15 is 0 Å². The second kappa shape index (κ2) is 5.61. The molecular weight excluding hydrogens is 242 g/mol. The van der Waals surface area contributed by atoms with Crippen LogP contribution in [0.5, 0.6) is 0 Å². The van der Waals surface area contributed by atoms with Crippen molar-refractivity contribution in [2.24, 2.45) is 11.3 Å². The highest BCUT2D eigenvalue weighted by molar-refractivity contribution is 6.05. The van der Waals surface area contributed by atoms with Gasteiger partial charge in [-0.05, 0) is 38.0 Å². The Morgan fingerprint density at radius 3 is 2.47 bits per heavy atom. The van der Waals surface area contributed by atoms with Crippen molar-refractivity contribution in [1.29, 1.82) is 0 Å². The van der Waals surface area contributed by atoms with E-state index in [-0.39, 0.29) is 23.8 Å². The van der Waals surface area contributed by atoms with E-state index in [0.717, 1.165) is 38.5 Å². The molecule has 0 aromatic rings. The Labute approximate surface area is 115 Å². The van der Waals surface area contributed by atoms with E-state index in [4.69, 9.17) is 0 Å². The molecule has 0 bridgehead atoms. The Balaban J connectivity index is 2.04. The molecule has 2 unspecified atom stereocenters. The molecule has 0 spiro atoms. The Morgan fingerprint density at radius 2 is 1.95 bits per heavy atom. The Bertz CT molecular complexity index is 362. The van der Waals surface area contributed by atoms with Crippen LogP contribution in [-0.2, 0) is 9.59 Å². The van der Waals surface area contributed by atoms with Crippen molar-refractivity contribution in [3.05, 3.63) is 0 Å². The van der Waals surface area contributed by atoms with Gasteiger partial charge >= 0.3 is 0 Å². The molecule has 4 heteroatoms. The van der Waals surface area contributed by atoms with Crippen LogP contribution in [0.3, 0.4) is 0 Å². The summed E-state index contributed by atoms with van der Waals surface area (Å²) in [5, 5.41) is 9.69. The molecule has 1 heterocycles. The Hall–Kier alpha value is -0.900. The number of rotatable bonds is 4. The predicted molar refractivity (Wildman–Crippen MR) is 72.3 cm³/mol. The first-order valence-corrected chi connectivity index (χ1v) is 7.55. The highest BCUT2D eigenvalue weighted by Gasteiger charge is 2.49. The van der Waals surface area contributed by atoms with Crippen LogP contribution < -0.4 is 0 Å². The third-order valence-corrected chi connectivity index (χ3v) is 5.04. The maximum Gasteiger partial charge on any atom is 0.235 e. The van der Waals surface area contributed by atoms with E-state index < -0.39 is 5.41 Å². The zero-order valence-electron chi connectivity index (χ0n) is 12.0. The van der Waals surface area contributed by atoms with E-state index in [2.05, 4.69) is 0 Å². The molecule has 1 N–H and O–H groups in total. The van der Waals surface area contributed by atoms with Crippen LogP contribution in [0.25, 0.3) is 0 Å². The minimum atomic E-state index is -0.454. The number of aliphatic hydroxyl groups is 1. The molecule has 108 valence electrons. The van der Waals surface area contributed by atoms with E-state index in [1.807, 2.05) is 13.8 Å². The van der Waals surface area contributed by atoms with Crippen molar-refractivity contribution >= 4 is 11.8 Å². The van der Waals surface area contributed by atoms with Crippen LogP contribution in [0.15, 0.2) is 0 Å². The number of hydrogen-bond acceptors (Lipinski definition) is 3. The molecule has 4 nitrogen and oxygen atoms in total. The number of amides is 2. The highest BCUT2D eigenvalue weighted by atomic mass is 16.3. The summed E-state index contributed by atoms with van der Waals surface area (Å²) in [6.45, 7) is 4.49. The normalized spacial score (nSPS) is 31.0. The lowest BCUT2D eigenvalue weighted by molar-refractivity contribution is -0.142. The first kappa shape index (κ1) is 14.5. The fourth-order valence-electron chi connectivity index (χ4n) is 3.53. The number of carbonyl (C=O) groups excluding carboxylic acids is 2. The van der Waals surface area contributed by atoms with Gasteiger partial charge in [-0.1, -0.05) is 20.3 Å². The number of likely N-dealkylation sites (tertiary alicyclic amines) is 1. The van der Waals surface area contributed by atoms with Crippen LogP contribution in [0.2, 0.25) is 0 Å². The van der Waals surface area contributed by atoms with Crippen molar-refractivity contribution in [3.63, 3.8) is 0 Å². The largest absolute Gasteiger partial charge is 0.393 e. The fourth-order valence-corrected chi connectivity index (χ4v) is 3.53. The number of nitrogens with zero attached hydrogens (tertiary/aromatic N) is 1. The molecule has 2 aliphatic rings. The quantitative estimate of drug-likeness (QED) is 0.794. The summed E-state index contributed by atoms with van der Waals surface area (Å²) in [6, 6.07) is 0. The first-order chi connectivity index (χ1) is 9.02. The summed E-state index contributed by atoms with van der Waals surface area (Å²) in [6.07, 6.45) is 5.17. The predicted octanol–water partition coefficient (Wildman–Crippen LogP) is 2.10. The maximum absolute atomic E-state index is 12.5. The van der Waals surface area contributed by atoms with Crippen LogP contribution in [-0.4, -0.2) is 34.5 Å². The molecule has 1 saturated heterocycles. The fraction of sp³-hybridized carbons (Fsp3) is 0.867. The van der Waals surface area contributed by atoms with Gasteiger partial charge in [-0.15, -0.1) is 0 Å². The number of carbonyl (C=O) groups is 2. The standard InChI is InChI=1S/C15H25NO3/c1-3-15(4-2)9-13(18)16(14(15)19)10-11-6-5-7-12(17)8-11/h11-12,17H,3-10H2,1-2H3. The van der Waals surface area contributed by atoms with Crippen molar-refractivity contribution < 1.29 is 14.7 Å². The maximum atomic E-state index is 12.5. The van der Waals surface area contributed by atoms with Crippen molar-refractivity contribution in [2.45, 2.75) is 64.9 Å². The molecule has 0 aromatic heterocycles. The van der Waals surface area contributed by atoms with E-state index in [9.17, 15) is 14.7 Å². The van der Waals surface area contributed by atoms with Gasteiger partial charge in [0.1, 0.15) is 0 Å². The summed E-state index contributed by atoms with van der Waals surface area (Å²) in [4.78, 5) is 26.1. The number of hydrogen-bond donors (Lipinski definition) is 1. The van der Waals surface area contributed by atoms with E-state index in [1.54, 1.807) is 0 Å². The lowest BCUT2D eigenvalue weighted by Crippen LogP contribution is -2.39. The van der Waals surface area contributed by atoms with Crippen molar-refractivity contribution in [3.8, 4) is 0 Å². The SMILES string of the molecule is CCC1(CC)CC(=O)N(CC2CCCC(O)C2)C1=O. The van der Waals surface area contributed by atoms with Crippen molar-refractivity contribution in [2.75, 3.05) is 6.54 Å². The minimum absolute atomic E-state index is 0.0163. The first-order valence-electron chi connectivity index (χ1n) is 7.55. The molecule has 2 rings (SSSR count). The molecule has 2 amide bonds. The third-order valence-electron chi connectivity index (χ3n) is 5.04. The van der Waals surface area contributed by atoms with Gasteiger partial charge in [-0.25, -0.2) is 0 Å². The second-order valence-electron chi connectivity index (χ2n) is 6.16. The van der Waals surface area contributed by atoms with Gasteiger partial charge in [0.05, 0.1) is 11.5 Å². The summed E-state index contributed by atoms with van der Waals surface area (Å²) in [5.41, 5.74) is -0.454. The zero-order valence-corrected chi connectivity index (χ0v) is 12.0. The van der Waals surface area contributed by atoms with Crippen LogP contribution in [0, 0.1) is 11.3 Å². The van der Waals surface area contributed by atoms with Crippen LogP contribution in [0.1, 0.15) is 58.8 Å². The molecule has 1 saturated carbocycles. The Kier molecular flexibility index (Phi) is 4.29. The summed E-state index contributed by atoms with van der Waals surface area (Å²) >= 11 is 0. The zero-order chi connectivity index (χ0) is 14.0. The topological polar surface area (TPSA) is 57.6 Å². The third kappa shape index (κ3) is 2.69. The van der Waals surface area contributed by atoms with E-state index in [1.165, 1.54) is 4.90 Å². The van der Waals surface area contributed by atoms with Crippen molar-refractivity contribution in [1.82, 2.24) is 4.90 Å². The lowest BCUT2D eigenvalue weighted by atomic mass is 9.81. The van der Waals surface area contributed by atoms with Gasteiger partial charge in [0.15, 0.2) is 0 Å². The van der Waals surface area contributed by atoms with Gasteiger partial charge in [-0.3, -0.25) is 14.5 Å². The summed E-state index contributed by atoms with van der Waals surface area (Å²) in [7, 11) is 0. The number of imide groups is 1. The molecule has 19 heavy (non-hydrogen) atoms. The van der Waals surface area contributed by atoms with Gasteiger partial charge in [0.25, 0.3) is 0 Å².